The summed E-state index contributed by atoms with van der Waals surface area (Å²) in [5.41, 5.74) is 0. The fraction of sp³-hybridized carbons (Fsp3) is 0.600. The summed E-state index contributed by atoms with van der Waals surface area (Å²) in [5.74, 6) is 0.965. The molecule has 0 saturated heterocycles. The first-order valence-electron chi connectivity index (χ1n) is 5.64. The highest BCUT2D eigenvalue weighted by Crippen LogP contribution is 2.19. The Morgan fingerprint density at radius 2 is 2.41 bits per heavy atom. The van der Waals surface area contributed by atoms with Gasteiger partial charge in [0.25, 0.3) is 0 Å². The molecule has 0 bridgehead atoms. The highest BCUT2D eigenvalue weighted by Gasteiger charge is 2.16. The van der Waals surface area contributed by atoms with E-state index in [9.17, 15) is 0 Å². The van der Waals surface area contributed by atoms with Gasteiger partial charge in [-0.05, 0) is 24.5 Å². The topological polar surface area (TPSA) is 68.5 Å². The van der Waals surface area contributed by atoms with Crippen LogP contribution in [0.2, 0.25) is 0 Å². The molecule has 0 fully saturated rings. The average Bonchev–Trinajstić information content (AvgIpc) is 2.96. The maximum absolute atomic E-state index is 4.25. The van der Waals surface area contributed by atoms with Crippen molar-refractivity contribution in [1.29, 1.82) is 0 Å². The van der Waals surface area contributed by atoms with Crippen molar-refractivity contribution in [3.05, 3.63) is 23.2 Å². The molecule has 2 rings (SSSR count). The lowest BCUT2D eigenvalue weighted by molar-refractivity contribution is 0.512. The molecule has 0 spiro atoms. The van der Waals surface area contributed by atoms with Crippen molar-refractivity contribution in [1.82, 2.24) is 29.7 Å². The highest BCUT2D eigenvalue weighted by molar-refractivity contribution is 7.05. The molecule has 0 aliphatic rings. The standard InChI is InChI=1S/C10H16N6S/c1-3-4-11-8(9-6-13-15-17-9)5-10-12-7-14-16(10)2/h6-8,11H,3-5H2,1-2H3. The SMILES string of the molecule is CCCNC(Cc1ncnn1C)c1cnns1. The van der Waals surface area contributed by atoms with Gasteiger partial charge in [0.15, 0.2) is 0 Å². The van der Waals surface area contributed by atoms with Gasteiger partial charge in [-0.1, -0.05) is 11.4 Å². The Labute approximate surface area is 104 Å². The van der Waals surface area contributed by atoms with E-state index in [-0.39, 0.29) is 6.04 Å². The lowest BCUT2D eigenvalue weighted by atomic mass is 10.1. The van der Waals surface area contributed by atoms with E-state index in [1.54, 1.807) is 11.0 Å². The molecule has 2 aromatic heterocycles. The summed E-state index contributed by atoms with van der Waals surface area (Å²) < 4.78 is 5.71. The fourth-order valence-electron chi connectivity index (χ4n) is 1.61. The minimum absolute atomic E-state index is 0.220. The highest BCUT2D eigenvalue weighted by atomic mass is 32.1. The van der Waals surface area contributed by atoms with Crippen molar-refractivity contribution >= 4 is 11.5 Å². The summed E-state index contributed by atoms with van der Waals surface area (Å²) in [7, 11) is 1.91. The molecular weight excluding hydrogens is 236 g/mol. The van der Waals surface area contributed by atoms with Crippen molar-refractivity contribution in [2.75, 3.05) is 6.54 Å². The zero-order chi connectivity index (χ0) is 12.1. The van der Waals surface area contributed by atoms with E-state index in [4.69, 9.17) is 0 Å². The molecular formula is C10H16N6S. The first-order valence-corrected chi connectivity index (χ1v) is 6.42. The Balaban J connectivity index is 2.08. The Morgan fingerprint density at radius 1 is 1.53 bits per heavy atom. The number of nitrogens with one attached hydrogen (secondary N) is 1. The molecule has 6 nitrogen and oxygen atoms in total. The first kappa shape index (κ1) is 12.1. The van der Waals surface area contributed by atoms with Crippen LogP contribution in [-0.2, 0) is 13.5 Å². The van der Waals surface area contributed by atoms with E-state index >= 15 is 0 Å². The summed E-state index contributed by atoms with van der Waals surface area (Å²) in [4.78, 5) is 5.39. The van der Waals surface area contributed by atoms with Crippen LogP contribution in [0.1, 0.15) is 30.1 Å². The predicted octanol–water partition coefficient (Wildman–Crippen LogP) is 0.950. The quantitative estimate of drug-likeness (QED) is 0.829. The lowest BCUT2D eigenvalue weighted by Crippen LogP contribution is -2.24. The van der Waals surface area contributed by atoms with Crippen LogP contribution in [0, 0.1) is 0 Å². The number of aromatic nitrogens is 5. The van der Waals surface area contributed by atoms with Crippen LogP contribution in [0.15, 0.2) is 12.5 Å². The van der Waals surface area contributed by atoms with Crippen LogP contribution in [0.5, 0.6) is 0 Å². The van der Waals surface area contributed by atoms with E-state index in [0.717, 1.165) is 30.1 Å². The summed E-state index contributed by atoms with van der Waals surface area (Å²) >= 11 is 1.43. The molecule has 0 aliphatic heterocycles. The van der Waals surface area contributed by atoms with Crippen LogP contribution < -0.4 is 5.32 Å². The summed E-state index contributed by atoms with van der Waals surface area (Å²) in [5, 5.41) is 11.5. The van der Waals surface area contributed by atoms with Crippen LogP contribution in [0.4, 0.5) is 0 Å². The second-order valence-electron chi connectivity index (χ2n) is 3.83. The van der Waals surface area contributed by atoms with Crippen molar-refractivity contribution in [2.45, 2.75) is 25.8 Å². The number of hydrogen-bond donors (Lipinski definition) is 1. The molecule has 1 unspecified atom stereocenters. The van der Waals surface area contributed by atoms with E-state index in [0.29, 0.717) is 0 Å². The van der Waals surface area contributed by atoms with Crippen molar-refractivity contribution in [3.8, 4) is 0 Å². The van der Waals surface area contributed by atoms with Crippen LogP contribution in [0.3, 0.4) is 0 Å². The van der Waals surface area contributed by atoms with Gasteiger partial charge in [0.05, 0.1) is 17.1 Å². The van der Waals surface area contributed by atoms with Gasteiger partial charge in [-0.3, -0.25) is 4.68 Å². The van der Waals surface area contributed by atoms with Crippen LogP contribution in [0.25, 0.3) is 0 Å². The zero-order valence-electron chi connectivity index (χ0n) is 10.00. The van der Waals surface area contributed by atoms with Gasteiger partial charge in [-0.15, -0.1) is 5.10 Å². The molecule has 1 N–H and O–H groups in total. The van der Waals surface area contributed by atoms with Gasteiger partial charge in [0, 0.05) is 13.5 Å². The van der Waals surface area contributed by atoms with E-state index < -0.39 is 0 Å². The summed E-state index contributed by atoms with van der Waals surface area (Å²) in [6.07, 6.45) is 5.30. The maximum Gasteiger partial charge on any atom is 0.138 e. The third-order valence-corrected chi connectivity index (χ3v) is 3.33. The molecule has 0 amide bonds. The maximum atomic E-state index is 4.25. The van der Waals surface area contributed by atoms with Gasteiger partial charge < -0.3 is 5.32 Å². The summed E-state index contributed by atoms with van der Waals surface area (Å²) in [6.45, 7) is 3.12. The predicted molar refractivity (Wildman–Crippen MR) is 65.7 cm³/mol. The smallest absolute Gasteiger partial charge is 0.138 e. The lowest BCUT2D eigenvalue weighted by Gasteiger charge is -2.15. The number of aryl methyl sites for hydroxylation is 1. The molecule has 0 saturated carbocycles. The molecule has 0 radical (unpaired) electrons. The van der Waals surface area contributed by atoms with E-state index in [2.05, 4.69) is 31.9 Å². The van der Waals surface area contributed by atoms with Gasteiger partial charge >= 0.3 is 0 Å². The minimum Gasteiger partial charge on any atom is -0.309 e. The fourth-order valence-corrected chi connectivity index (χ4v) is 2.18. The number of hydrogen-bond acceptors (Lipinski definition) is 6. The van der Waals surface area contributed by atoms with E-state index in [1.807, 2.05) is 13.2 Å². The Bertz CT molecular complexity index is 437. The Morgan fingerprint density at radius 3 is 3.00 bits per heavy atom. The third kappa shape index (κ3) is 3.07. The normalized spacial score (nSPS) is 12.8. The molecule has 92 valence electrons. The molecule has 1 atom stereocenters. The molecule has 2 heterocycles. The van der Waals surface area contributed by atoms with Gasteiger partial charge in [0.2, 0.25) is 0 Å². The molecule has 7 heteroatoms. The second-order valence-corrected chi connectivity index (χ2v) is 4.65. The summed E-state index contributed by atoms with van der Waals surface area (Å²) in [6, 6.07) is 0.220. The molecule has 0 aliphatic carbocycles. The van der Waals surface area contributed by atoms with Gasteiger partial charge in [0.1, 0.15) is 12.2 Å². The van der Waals surface area contributed by atoms with Crippen molar-refractivity contribution in [3.63, 3.8) is 0 Å². The number of rotatable bonds is 6. The molecule has 17 heavy (non-hydrogen) atoms. The average molecular weight is 252 g/mol. The Hall–Kier alpha value is -1.34. The van der Waals surface area contributed by atoms with Crippen molar-refractivity contribution < 1.29 is 0 Å². The molecule has 0 aromatic carbocycles. The van der Waals surface area contributed by atoms with Gasteiger partial charge in [-0.25, -0.2) is 4.98 Å². The second kappa shape index (κ2) is 5.83. The Kier molecular flexibility index (Phi) is 4.16. The van der Waals surface area contributed by atoms with Crippen LogP contribution >= 0.6 is 11.5 Å². The minimum atomic E-state index is 0.220. The van der Waals surface area contributed by atoms with Crippen molar-refractivity contribution in [2.24, 2.45) is 7.05 Å². The monoisotopic (exact) mass is 252 g/mol. The molecule has 2 aromatic rings. The largest absolute Gasteiger partial charge is 0.309 e. The third-order valence-electron chi connectivity index (χ3n) is 2.55. The van der Waals surface area contributed by atoms with Gasteiger partial charge in [-0.2, -0.15) is 5.10 Å². The number of nitrogens with zero attached hydrogens (tertiary/aromatic N) is 5. The zero-order valence-corrected chi connectivity index (χ0v) is 10.8. The van der Waals surface area contributed by atoms with E-state index in [1.165, 1.54) is 11.5 Å². The first-order chi connectivity index (χ1) is 8.31. The van der Waals surface area contributed by atoms with Crippen LogP contribution in [-0.4, -0.2) is 30.9 Å².